The minimum Gasteiger partial charge on any atom is -0.355 e. The Hall–Kier alpha value is -1.08. The van der Waals surface area contributed by atoms with Crippen molar-refractivity contribution in [2.24, 2.45) is 11.7 Å². The number of nitrogens with two attached hydrogens (primary N) is 1. The average Bonchev–Trinajstić information content (AvgIpc) is 2.10. The van der Waals surface area contributed by atoms with E-state index in [4.69, 9.17) is 11.0 Å². The van der Waals surface area contributed by atoms with Gasteiger partial charge in [0.1, 0.15) is 0 Å². The lowest BCUT2D eigenvalue weighted by atomic mass is 10.1. The maximum Gasteiger partial charge on any atom is 0.237 e. The topological polar surface area (TPSA) is 78.9 Å². The van der Waals surface area contributed by atoms with Gasteiger partial charge in [-0.25, -0.2) is 0 Å². The van der Waals surface area contributed by atoms with Crippen molar-refractivity contribution in [3.8, 4) is 6.07 Å². The third-order valence-electron chi connectivity index (χ3n) is 1.79. The highest BCUT2D eigenvalue weighted by Gasteiger charge is 2.15. The van der Waals surface area contributed by atoms with Crippen molar-refractivity contribution in [1.29, 1.82) is 5.26 Å². The molecule has 0 fully saturated rings. The number of carbonyl (C=O) groups excluding carboxylic acids is 1. The van der Waals surface area contributed by atoms with Gasteiger partial charge in [0.2, 0.25) is 5.91 Å². The summed E-state index contributed by atoms with van der Waals surface area (Å²) in [6.07, 6.45) is 1.16. The molecule has 0 aromatic heterocycles. The first-order valence-electron chi connectivity index (χ1n) is 4.49. The first-order valence-corrected chi connectivity index (χ1v) is 4.49. The summed E-state index contributed by atoms with van der Waals surface area (Å²) < 4.78 is 0. The second-order valence-corrected chi connectivity index (χ2v) is 3.32. The molecule has 4 nitrogen and oxygen atoms in total. The summed E-state index contributed by atoms with van der Waals surface area (Å²) in [4.78, 5) is 11.2. The van der Waals surface area contributed by atoms with Crippen LogP contribution in [0.15, 0.2) is 0 Å². The summed E-state index contributed by atoms with van der Waals surface area (Å²) in [5.74, 6) is 0.0175. The van der Waals surface area contributed by atoms with Crippen LogP contribution in [0.25, 0.3) is 0 Å². The van der Waals surface area contributed by atoms with Crippen LogP contribution in [0.4, 0.5) is 0 Å². The molecule has 0 aliphatic carbocycles. The molecule has 74 valence electrons. The molecule has 0 unspecified atom stereocenters. The highest BCUT2D eigenvalue weighted by molar-refractivity contribution is 5.81. The molecule has 0 saturated heterocycles. The Morgan fingerprint density at radius 1 is 1.62 bits per heavy atom. The molecule has 0 bridgehead atoms. The van der Waals surface area contributed by atoms with E-state index in [0.717, 1.165) is 0 Å². The van der Waals surface area contributed by atoms with E-state index in [-0.39, 0.29) is 11.8 Å². The lowest BCUT2D eigenvalue weighted by Gasteiger charge is -2.14. The lowest BCUT2D eigenvalue weighted by Crippen LogP contribution is -2.44. The van der Waals surface area contributed by atoms with Gasteiger partial charge in [0.15, 0.2) is 0 Å². The SMILES string of the molecule is CC(C)[C@H](N)C(=O)NCCCC#N. The van der Waals surface area contributed by atoms with Crippen LogP contribution in [0.3, 0.4) is 0 Å². The van der Waals surface area contributed by atoms with Gasteiger partial charge in [-0.05, 0) is 12.3 Å². The van der Waals surface area contributed by atoms with Crippen molar-refractivity contribution in [3.63, 3.8) is 0 Å². The minimum atomic E-state index is -0.443. The monoisotopic (exact) mass is 183 g/mol. The van der Waals surface area contributed by atoms with E-state index in [0.29, 0.717) is 19.4 Å². The quantitative estimate of drug-likeness (QED) is 0.605. The predicted molar refractivity (Wildman–Crippen MR) is 50.7 cm³/mol. The molecule has 0 radical (unpaired) electrons. The Bertz CT molecular complexity index is 196. The minimum absolute atomic E-state index is 0.132. The van der Waals surface area contributed by atoms with Gasteiger partial charge in [0.05, 0.1) is 12.1 Å². The predicted octanol–water partition coefficient (Wildman–Crippen LogP) is 0.390. The second-order valence-electron chi connectivity index (χ2n) is 3.32. The first kappa shape index (κ1) is 11.9. The molecule has 0 aromatic carbocycles. The summed E-state index contributed by atoms with van der Waals surface area (Å²) >= 11 is 0. The van der Waals surface area contributed by atoms with Gasteiger partial charge in [-0.15, -0.1) is 0 Å². The van der Waals surface area contributed by atoms with Gasteiger partial charge in [-0.1, -0.05) is 13.8 Å². The number of carbonyl (C=O) groups is 1. The average molecular weight is 183 g/mol. The zero-order chi connectivity index (χ0) is 10.3. The van der Waals surface area contributed by atoms with E-state index in [1.807, 2.05) is 19.9 Å². The number of hydrogen-bond acceptors (Lipinski definition) is 3. The van der Waals surface area contributed by atoms with E-state index in [1.54, 1.807) is 0 Å². The molecule has 0 aliphatic heterocycles. The number of amides is 1. The fraction of sp³-hybridized carbons (Fsp3) is 0.778. The zero-order valence-corrected chi connectivity index (χ0v) is 8.21. The fourth-order valence-electron chi connectivity index (χ4n) is 0.800. The Morgan fingerprint density at radius 3 is 2.69 bits per heavy atom. The van der Waals surface area contributed by atoms with Gasteiger partial charge >= 0.3 is 0 Å². The van der Waals surface area contributed by atoms with E-state index in [1.165, 1.54) is 0 Å². The van der Waals surface area contributed by atoms with E-state index < -0.39 is 6.04 Å². The summed E-state index contributed by atoms with van der Waals surface area (Å²) in [5.41, 5.74) is 5.60. The van der Waals surface area contributed by atoms with Crippen molar-refractivity contribution in [3.05, 3.63) is 0 Å². The fourth-order valence-corrected chi connectivity index (χ4v) is 0.800. The van der Waals surface area contributed by atoms with Gasteiger partial charge in [0.25, 0.3) is 0 Å². The van der Waals surface area contributed by atoms with Crippen molar-refractivity contribution in [2.45, 2.75) is 32.7 Å². The number of unbranched alkanes of at least 4 members (excludes halogenated alkanes) is 1. The van der Waals surface area contributed by atoms with Crippen LogP contribution in [0.1, 0.15) is 26.7 Å². The van der Waals surface area contributed by atoms with Crippen LogP contribution < -0.4 is 11.1 Å². The maximum absolute atomic E-state index is 11.2. The maximum atomic E-state index is 11.2. The highest BCUT2D eigenvalue weighted by Crippen LogP contribution is 1.97. The summed E-state index contributed by atoms with van der Waals surface area (Å²) in [5, 5.41) is 10.9. The molecule has 0 heterocycles. The molecular weight excluding hydrogens is 166 g/mol. The Kier molecular flexibility index (Phi) is 5.90. The molecule has 0 aliphatic rings. The normalized spacial score (nSPS) is 12.2. The number of nitriles is 1. The molecule has 3 N–H and O–H groups in total. The zero-order valence-electron chi connectivity index (χ0n) is 8.21. The molecule has 0 saturated carbocycles. The molecule has 1 amide bonds. The molecule has 1 atom stereocenters. The largest absolute Gasteiger partial charge is 0.355 e. The van der Waals surface area contributed by atoms with Crippen LogP contribution >= 0.6 is 0 Å². The number of rotatable bonds is 5. The summed E-state index contributed by atoms with van der Waals surface area (Å²) in [6.45, 7) is 4.34. The first-order chi connectivity index (χ1) is 6.09. The van der Waals surface area contributed by atoms with Gasteiger partial charge in [-0.3, -0.25) is 4.79 Å². The summed E-state index contributed by atoms with van der Waals surface area (Å²) in [6, 6.07) is 1.57. The number of nitrogens with zero attached hydrogens (tertiary/aromatic N) is 1. The van der Waals surface area contributed by atoms with E-state index in [2.05, 4.69) is 5.32 Å². The van der Waals surface area contributed by atoms with Crippen LogP contribution in [-0.2, 0) is 4.79 Å². The third kappa shape index (κ3) is 5.21. The van der Waals surface area contributed by atoms with Crippen LogP contribution in [0, 0.1) is 17.2 Å². The van der Waals surface area contributed by atoms with Crippen LogP contribution in [0.2, 0.25) is 0 Å². The van der Waals surface area contributed by atoms with Crippen molar-refractivity contribution >= 4 is 5.91 Å². The van der Waals surface area contributed by atoms with Crippen molar-refractivity contribution in [1.82, 2.24) is 5.32 Å². The Balaban J connectivity index is 3.57. The lowest BCUT2D eigenvalue weighted by molar-refractivity contribution is -0.123. The van der Waals surface area contributed by atoms with Gasteiger partial charge < -0.3 is 11.1 Å². The molecular formula is C9H17N3O. The van der Waals surface area contributed by atoms with E-state index >= 15 is 0 Å². The van der Waals surface area contributed by atoms with Crippen molar-refractivity contribution in [2.75, 3.05) is 6.54 Å². The smallest absolute Gasteiger partial charge is 0.237 e. The molecule has 0 aromatic rings. The van der Waals surface area contributed by atoms with Crippen molar-refractivity contribution < 1.29 is 4.79 Å². The molecule has 13 heavy (non-hydrogen) atoms. The second kappa shape index (κ2) is 6.44. The molecule has 4 heteroatoms. The number of nitrogens with one attached hydrogen (secondary N) is 1. The van der Waals surface area contributed by atoms with E-state index in [9.17, 15) is 4.79 Å². The van der Waals surface area contributed by atoms with Crippen LogP contribution in [-0.4, -0.2) is 18.5 Å². The highest BCUT2D eigenvalue weighted by atomic mass is 16.2. The number of hydrogen-bond donors (Lipinski definition) is 2. The third-order valence-corrected chi connectivity index (χ3v) is 1.79. The Morgan fingerprint density at radius 2 is 2.23 bits per heavy atom. The van der Waals surface area contributed by atoms with Gasteiger partial charge in [-0.2, -0.15) is 5.26 Å². The van der Waals surface area contributed by atoms with Crippen LogP contribution in [0.5, 0.6) is 0 Å². The molecule has 0 spiro atoms. The summed E-state index contributed by atoms with van der Waals surface area (Å²) in [7, 11) is 0. The Labute approximate surface area is 79.1 Å². The van der Waals surface area contributed by atoms with Gasteiger partial charge in [0, 0.05) is 13.0 Å². The standard InChI is InChI=1S/C9H17N3O/c1-7(2)8(11)9(13)12-6-4-3-5-10/h7-8H,3-4,6,11H2,1-2H3,(H,12,13)/t8-/m0/s1. The molecule has 0 rings (SSSR count).